The van der Waals surface area contributed by atoms with Gasteiger partial charge in [-0.25, -0.2) is 4.79 Å². The first-order valence-electron chi connectivity index (χ1n) is 10.5. The second-order valence-electron chi connectivity index (χ2n) is 8.45. The summed E-state index contributed by atoms with van der Waals surface area (Å²) in [7, 11) is 0. The van der Waals surface area contributed by atoms with Crippen LogP contribution in [0.15, 0.2) is 0 Å². The molecular formula is C20H34N4O9. The van der Waals surface area contributed by atoms with Gasteiger partial charge in [-0.3, -0.25) is 24.0 Å². The number of carboxylic acid groups (broad SMARTS) is 3. The van der Waals surface area contributed by atoms with Gasteiger partial charge in [-0.2, -0.15) is 0 Å². The first-order valence-corrected chi connectivity index (χ1v) is 10.5. The van der Waals surface area contributed by atoms with E-state index in [-0.39, 0.29) is 24.7 Å². The maximum Gasteiger partial charge on any atom is 0.326 e. The summed E-state index contributed by atoms with van der Waals surface area (Å²) in [5, 5.41) is 33.9. The Labute approximate surface area is 191 Å². The fourth-order valence-electron chi connectivity index (χ4n) is 2.73. The second kappa shape index (κ2) is 14.0. The number of hydrogen-bond acceptors (Lipinski definition) is 7. The molecule has 0 aromatic heterocycles. The Morgan fingerprint density at radius 1 is 0.727 bits per heavy atom. The number of carbonyl (C=O) groups excluding carboxylic acids is 3. The number of nitrogens with one attached hydrogen (secondary N) is 3. The third-order valence-corrected chi connectivity index (χ3v) is 4.63. The van der Waals surface area contributed by atoms with Crippen LogP contribution in [-0.4, -0.2) is 75.1 Å². The quantitative estimate of drug-likeness (QED) is 0.151. The summed E-state index contributed by atoms with van der Waals surface area (Å²) < 4.78 is 0. The zero-order chi connectivity index (χ0) is 25.9. The smallest absolute Gasteiger partial charge is 0.326 e. The van der Waals surface area contributed by atoms with Crippen molar-refractivity contribution in [1.29, 1.82) is 0 Å². The van der Waals surface area contributed by atoms with Gasteiger partial charge in [0.1, 0.15) is 18.1 Å². The summed E-state index contributed by atoms with van der Waals surface area (Å²) >= 11 is 0. The van der Waals surface area contributed by atoms with Crippen molar-refractivity contribution in [3.05, 3.63) is 0 Å². The molecule has 13 heteroatoms. The van der Waals surface area contributed by atoms with Crippen LogP contribution in [0.4, 0.5) is 0 Å². The van der Waals surface area contributed by atoms with Gasteiger partial charge in [0.15, 0.2) is 0 Å². The van der Waals surface area contributed by atoms with E-state index in [2.05, 4.69) is 16.0 Å². The van der Waals surface area contributed by atoms with Crippen molar-refractivity contribution in [2.24, 2.45) is 17.6 Å². The summed E-state index contributed by atoms with van der Waals surface area (Å²) in [4.78, 5) is 70.9. The molecule has 0 aliphatic carbocycles. The molecule has 33 heavy (non-hydrogen) atoms. The summed E-state index contributed by atoms with van der Waals surface area (Å²) in [5.74, 6) is -7.06. The molecule has 0 spiro atoms. The number of nitrogens with two attached hydrogens (primary N) is 1. The van der Waals surface area contributed by atoms with Crippen LogP contribution in [0.1, 0.15) is 53.4 Å². The minimum absolute atomic E-state index is 0.0715. The lowest BCUT2D eigenvalue weighted by Gasteiger charge is -2.26. The minimum Gasteiger partial charge on any atom is -0.481 e. The normalized spacial score (nSPS) is 14.6. The number of aliphatic carboxylic acids is 3. The monoisotopic (exact) mass is 474 g/mol. The Bertz CT molecular complexity index is 739. The van der Waals surface area contributed by atoms with Crippen LogP contribution in [0.2, 0.25) is 0 Å². The maximum atomic E-state index is 12.7. The zero-order valence-corrected chi connectivity index (χ0v) is 19.2. The van der Waals surface area contributed by atoms with Crippen molar-refractivity contribution in [3.63, 3.8) is 0 Å². The highest BCUT2D eigenvalue weighted by molar-refractivity contribution is 5.95. The molecule has 0 radical (unpaired) electrons. The summed E-state index contributed by atoms with van der Waals surface area (Å²) in [5.41, 5.74) is 5.73. The SMILES string of the molecule is CC(C)CC(NC(=O)C(CC(=O)O)NC(=O)C(N)C(C)C)C(=O)NC(CCC(=O)O)C(=O)O. The van der Waals surface area contributed by atoms with E-state index in [4.69, 9.17) is 15.9 Å². The Balaban J connectivity index is 5.54. The van der Waals surface area contributed by atoms with Gasteiger partial charge in [0.05, 0.1) is 12.5 Å². The first-order chi connectivity index (χ1) is 15.1. The Hall–Kier alpha value is -3.22. The zero-order valence-electron chi connectivity index (χ0n) is 19.2. The van der Waals surface area contributed by atoms with Crippen molar-refractivity contribution >= 4 is 35.6 Å². The van der Waals surface area contributed by atoms with Gasteiger partial charge >= 0.3 is 17.9 Å². The third-order valence-electron chi connectivity index (χ3n) is 4.63. The summed E-state index contributed by atoms with van der Waals surface area (Å²) in [6, 6.07) is -5.27. The molecule has 4 unspecified atom stereocenters. The molecule has 0 saturated heterocycles. The van der Waals surface area contributed by atoms with Crippen molar-refractivity contribution in [1.82, 2.24) is 16.0 Å². The van der Waals surface area contributed by atoms with Gasteiger partial charge in [0.25, 0.3) is 0 Å². The van der Waals surface area contributed by atoms with Crippen LogP contribution < -0.4 is 21.7 Å². The average Bonchev–Trinajstić information content (AvgIpc) is 2.67. The number of amides is 3. The highest BCUT2D eigenvalue weighted by Crippen LogP contribution is 2.08. The number of carboxylic acids is 3. The van der Waals surface area contributed by atoms with Crippen LogP contribution in [0.25, 0.3) is 0 Å². The molecule has 3 amide bonds. The van der Waals surface area contributed by atoms with Gasteiger partial charge in [0.2, 0.25) is 17.7 Å². The molecule has 0 aromatic carbocycles. The molecule has 188 valence electrons. The highest BCUT2D eigenvalue weighted by atomic mass is 16.4. The fraction of sp³-hybridized carbons (Fsp3) is 0.700. The van der Waals surface area contributed by atoms with E-state index in [0.29, 0.717) is 0 Å². The molecule has 0 aromatic rings. The Morgan fingerprint density at radius 3 is 1.64 bits per heavy atom. The van der Waals surface area contributed by atoms with E-state index in [0.717, 1.165) is 0 Å². The van der Waals surface area contributed by atoms with E-state index >= 15 is 0 Å². The molecule has 0 saturated carbocycles. The molecule has 0 bridgehead atoms. The summed E-state index contributed by atoms with van der Waals surface area (Å²) in [6.07, 6.45) is -1.57. The molecular weight excluding hydrogens is 440 g/mol. The van der Waals surface area contributed by atoms with Crippen LogP contribution in [0, 0.1) is 11.8 Å². The van der Waals surface area contributed by atoms with E-state index in [1.165, 1.54) is 0 Å². The van der Waals surface area contributed by atoms with Crippen molar-refractivity contribution in [3.8, 4) is 0 Å². The number of carbonyl (C=O) groups is 6. The van der Waals surface area contributed by atoms with Gasteiger partial charge in [-0.05, 0) is 24.7 Å². The molecule has 0 rings (SSSR count). The van der Waals surface area contributed by atoms with Crippen molar-refractivity contribution < 1.29 is 44.1 Å². The predicted molar refractivity (Wildman–Crippen MR) is 115 cm³/mol. The van der Waals surface area contributed by atoms with Crippen molar-refractivity contribution in [2.45, 2.75) is 77.5 Å². The standard InChI is InChI=1S/C20H34N4O9/c1-9(2)7-12(17(29)22-11(20(32)33)5-6-14(25)26)23-18(30)13(8-15(27)28)24-19(31)16(21)10(3)4/h9-13,16H,5-8,21H2,1-4H3,(H,22,29)(H,23,30)(H,24,31)(H,25,26)(H,27,28)(H,32,33). The minimum atomic E-state index is -1.52. The Morgan fingerprint density at radius 2 is 1.21 bits per heavy atom. The summed E-state index contributed by atoms with van der Waals surface area (Å²) in [6.45, 7) is 6.82. The molecule has 4 atom stereocenters. The van der Waals surface area contributed by atoms with E-state index in [9.17, 15) is 33.9 Å². The number of rotatable bonds is 15. The molecule has 0 aliphatic heterocycles. The highest BCUT2D eigenvalue weighted by Gasteiger charge is 2.32. The fourth-order valence-corrected chi connectivity index (χ4v) is 2.73. The maximum absolute atomic E-state index is 12.7. The molecule has 0 heterocycles. The van der Waals surface area contributed by atoms with Crippen LogP contribution in [0.3, 0.4) is 0 Å². The lowest BCUT2D eigenvalue weighted by atomic mass is 10.0. The molecule has 8 N–H and O–H groups in total. The van der Waals surface area contributed by atoms with E-state index < -0.39 is 72.6 Å². The lowest BCUT2D eigenvalue weighted by Crippen LogP contribution is -2.58. The average molecular weight is 475 g/mol. The Kier molecular flexibility index (Phi) is 12.7. The third kappa shape index (κ3) is 11.8. The molecule has 13 nitrogen and oxygen atoms in total. The van der Waals surface area contributed by atoms with Crippen molar-refractivity contribution in [2.75, 3.05) is 0 Å². The largest absolute Gasteiger partial charge is 0.481 e. The lowest BCUT2D eigenvalue weighted by molar-refractivity contribution is -0.144. The molecule has 0 aliphatic rings. The number of hydrogen-bond donors (Lipinski definition) is 7. The van der Waals surface area contributed by atoms with Crippen LogP contribution >= 0.6 is 0 Å². The predicted octanol–water partition coefficient (Wildman–Crippen LogP) is -1.11. The molecule has 0 fully saturated rings. The topological polar surface area (TPSA) is 225 Å². The van der Waals surface area contributed by atoms with E-state index in [1.54, 1.807) is 27.7 Å². The van der Waals surface area contributed by atoms with Gasteiger partial charge in [-0.15, -0.1) is 0 Å². The van der Waals surface area contributed by atoms with E-state index in [1.807, 2.05) is 0 Å². The van der Waals surface area contributed by atoms with Gasteiger partial charge < -0.3 is 37.0 Å². The van der Waals surface area contributed by atoms with Gasteiger partial charge in [0, 0.05) is 6.42 Å². The van der Waals surface area contributed by atoms with Gasteiger partial charge in [-0.1, -0.05) is 27.7 Å². The second-order valence-corrected chi connectivity index (χ2v) is 8.45. The van der Waals surface area contributed by atoms with Crippen LogP contribution in [0.5, 0.6) is 0 Å². The first kappa shape index (κ1) is 29.8. The van der Waals surface area contributed by atoms with Crippen LogP contribution in [-0.2, 0) is 28.8 Å².